The number of hydrogen-bond donors (Lipinski definition) is 1. The first-order valence-corrected chi connectivity index (χ1v) is 9.46. The number of ether oxygens (including phenoxy) is 1. The van der Waals surface area contributed by atoms with Crippen LogP contribution in [0.25, 0.3) is 10.9 Å². The van der Waals surface area contributed by atoms with Crippen LogP contribution in [0, 0.1) is 0 Å². The number of benzene rings is 2. The SMILES string of the molecule is CC(=O)OC(c1cc2cc[nH]c2cc1Br)S(=O)(=O)c1ccccc1. The van der Waals surface area contributed by atoms with Crippen molar-refractivity contribution in [1.29, 1.82) is 0 Å². The fourth-order valence-corrected chi connectivity index (χ4v) is 4.73. The summed E-state index contributed by atoms with van der Waals surface area (Å²) in [5.41, 5.74) is -0.198. The number of hydrogen-bond acceptors (Lipinski definition) is 4. The molecule has 0 saturated carbocycles. The number of esters is 1. The molecule has 1 atom stereocenters. The molecule has 3 aromatic rings. The second-order valence-electron chi connectivity index (χ2n) is 5.24. The van der Waals surface area contributed by atoms with Crippen LogP contribution >= 0.6 is 15.9 Å². The number of aromatic nitrogens is 1. The molecule has 0 spiro atoms. The first kappa shape index (κ1) is 16.7. The van der Waals surface area contributed by atoms with E-state index < -0.39 is 21.2 Å². The topological polar surface area (TPSA) is 76.2 Å². The maximum Gasteiger partial charge on any atom is 0.304 e. The van der Waals surface area contributed by atoms with E-state index in [0.29, 0.717) is 10.0 Å². The molecule has 3 rings (SSSR count). The Morgan fingerprint density at radius 2 is 1.88 bits per heavy atom. The molecule has 1 heterocycles. The third-order valence-corrected chi connectivity index (χ3v) is 6.08. The van der Waals surface area contributed by atoms with Crippen LogP contribution in [0.5, 0.6) is 0 Å². The van der Waals surface area contributed by atoms with Gasteiger partial charge in [-0.1, -0.05) is 34.1 Å². The minimum Gasteiger partial charge on any atom is -0.441 e. The van der Waals surface area contributed by atoms with E-state index in [9.17, 15) is 13.2 Å². The van der Waals surface area contributed by atoms with Crippen LogP contribution in [0.3, 0.4) is 0 Å². The van der Waals surface area contributed by atoms with E-state index in [4.69, 9.17) is 4.74 Å². The number of nitrogens with one attached hydrogen (secondary N) is 1. The Labute approximate surface area is 147 Å². The van der Waals surface area contributed by atoms with Crippen LogP contribution in [0.15, 0.2) is 64.1 Å². The highest BCUT2D eigenvalue weighted by atomic mass is 79.9. The summed E-state index contributed by atoms with van der Waals surface area (Å²) in [7, 11) is -3.91. The van der Waals surface area contributed by atoms with Gasteiger partial charge in [0, 0.05) is 28.7 Å². The zero-order valence-corrected chi connectivity index (χ0v) is 15.1. The van der Waals surface area contributed by atoms with E-state index in [2.05, 4.69) is 20.9 Å². The van der Waals surface area contributed by atoms with Gasteiger partial charge in [0.05, 0.1) is 4.90 Å². The second kappa shape index (κ2) is 6.41. The van der Waals surface area contributed by atoms with Gasteiger partial charge in [0.15, 0.2) is 0 Å². The van der Waals surface area contributed by atoms with Gasteiger partial charge in [-0.3, -0.25) is 4.79 Å². The summed E-state index contributed by atoms with van der Waals surface area (Å²) >= 11 is 3.38. The molecule has 7 heteroatoms. The molecule has 1 unspecified atom stereocenters. The smallest absolute Gasteiger partial charge is 0.304 e. The standard InChI is InChI=1S/C17H14BrNO4S/c1-11(20)23-17(24(21,22)13-5-3-2-4-6-13)14-9-12-7-8-19-16(12)10-15(14)18/h2-10,17,19H,1H3. The lowest BCUT2D eigenvalue weighted by Crippen LogP contribution is -2.19. The van der Waals surface area contributed by atoms with Crippen molar-refractivity contribution in [3.05, 3.63) is 64.8 Å². The fraction of sp³-hybridized carbons (Fsp3) is 0.118. The van der Waals surface area contributed by atoms with Gasteiger partial charge in [0.2, 0.25) is 15.3 Å². The van der Waals surface area contributed by atoms with E-state index in [1.54, 1.807) is 36.5 Å². The van der Waals surface area contributed by atoms with E-state index in [1.807, 2.05) is 6.07 Å². The predicted octanol–water partition coefficient (Wildman–Crippen LogP) is 3.97. The quantitative estimate of drug-likeness (QED) is 0.663. The summed E-state index contributed by atoms with van der Waals surface area (Å²) < 4.78 is 31.7. The maximum atomic E-state index is 13.0. The molecule has 0 aliphatic heterocycles. The number of fused-ring (bicyclic) bond motifs is 1. The number of carbonyl (C=O) groups is 1. The molecular weight excluding hydrogens is 394 g/mol. The molecule has 1 N–H and O–H groups in total. The number of aromatic amines is 1. The number of H-pyrrole nitrogens is 1. The van der Waals surface area contributed by atoms with Crippen molar-refractivity contribution >= 4 is 42.6 Å². The van der Waals surface area contributed by atoms with Crippen molar-refractivity contribution in [1.82, 2.24) is 4.98 Å². The first-order valence-electron chi connectivity index (χ1n) is 7.12. The third-order valence-electron chi connectivity index (χ3n) is 3.55. The normalized spacial score (nSPS) is 12.9. The molecule has 24 heavy (non-hydrogen) atoms. The summed E-state index contributed by atoms with van der Waals surface area (Å²) in [6.07, 6.45) is 1.76. The highest BCUT2D eigenvalue weighted by Gasteiger charge is 2.33. The van der Waals surface area contributed by atoms with Gasteiger partial charge in [-0.2, -0.15) is 0 Å². The molecule has 0 aliphatic rings. The van der Waals surface area contributed by atoms with Gasteiger partial charge >= 0.3 is 5.97 Å². The monoisotopic (exact) mass is 407 g/mol. The Morgan fingerprint density at radius 1 is 1.17 bits per heavy atom. The lowest BCUT2D eigenvalue weighted by molar-refractivity contribution is -0.143. The number of halogens is 1. The van der Waals surface area contributed by atoms with E-state index in [1.165, 1.54) is 19.1 Å². The summed E-state index contributed by atoms with van der Waals surface area (Å²) in [5, 5.41) is 0.827. The van der Waals surface area contributed by atoms with Gasteiger partial charge in [-0.05, 0) is 35.7 Å². The molecule has 0 saturated heterocycles. The van der Waals surface area contributed by atoms with Crippen molar-refractivity contribution in [2.75, 3.05) is 0 Å². The zero-order chi connectivity index (χ0) is 17.3. The van der Waals surface area contributed by atoms with E-state index >= 15 is 0 Å². The van der Waals surface area contributed by atoms with Gasteiger partial charge in [0.25, 0.3) is 0 Å². The summed E-state index contributed by atoms with van der Waals surface area (Å²) in [4.78, 5) is 14.7. The minimum atomic E-state index is -3.91. The fourth-order valence-electron chi connectivity index (χ4n) is 2.45. The average molecular weight is 408 g/mol. The summed E-state index contributed by atoms with van der Waals surface area (Å²) in [6.45, 7) is 1.19. The maximum absolute atomic E-state index is 13.0. The molecule has 1 aromatic heterocycles. The molecule has 5 nitrogen and oxygen atoms in total. The Morgan fingerprint density at radius 3 is 2.54 bits per heavy atom. The zero-order valence-electron chi connectivity index (χ0n) is 12.7. The Kier molecular flexibility index (Phi) is 4.47. The molecular formula is C17H14BrNO4S. The van der Waals surface area contributed by atoms with E-state index in [-0.39, 0.29) is 4.90 Å². The molecule has 0 amide bonds. The lowest BCUT2D eigenvalue weighted by Gasteiger charge is -2.19. The highest BCUT2D eigenvalue weighted by Crippen LogP contribution is 2.36. The molecule has 0 bridgehead atoms. The Bertz CT molecular complexity index is 996. The Hall–Kier alpha value is -2.12. The van der Waals surface area contributed by atoms with Gasteiger partial charge < -0.3 is 9.72 Å². The van der Waals surface area contributed by atoms with Crippen molar-refractivity contribution in [3.8, 4) is 0 Å². The Balaban J connectivity index is 2.19. The minimum absolute atomic E-state index is 0.0947. The number of carbonyl (C=O) groups excluding carboxylic acids is 1. The van der Waals surface area contributed by atoms with Crippen molar-refractivity contribution < 1.29 is 17.9 Å². The summed E-state index contributed by atoms with van der Waals surface area (Å²) in [5.74, 6) is -0.666. The number of sulfone groups is 1. The predicted molar refractivity (Wildman–Crippen MR) is 94.1 cm³/mol. The van der Waals surface area contributed by atoms with Crippen LogP contribution < -0.4 is 0 Å². The van der Waals surface area contributed by atoms with Crippen LogP contribution in [0.2, 0.25) is 0 Å². The largest absolute Gasteiger partial charge is 0.441 e. The first-order chi connectivity index (χ1) is 11.4. The van der Waals surface area contributed by atoms with Gasteiger partial charge in [-0.15, -0.1) is 0 Å². The van der Waals surface area contributed by atoms with Crippen molar-refractivity contribution in [3.63, 3.8) is 0 Å². The lowest BCUT2D eigenvalue weighted by atomic mass is 10.1. The van der Waals surface area contributed by atoms with Crippen LogP contribution in [-0.2, 0) is 19.4 Å². The highest BCUT2D eigenvalue weighted by molar-refractivity contribution is 9.10. The molecule has 2 aromatic carbocycles. The molecule has 0 aliphatic carbocycles. The summed E-state index contributed by atoms with van der Waals surface area (Å²) in [6, 6.07) is 13.2. The molecule has 0 fully saturated rings. The average Bonchev–Trinajstić information content (AvgIpc) is 2.99. The number of rotatable bonds is 4. The van der Waals surface area contributed by atoms with Crippen LogP contribution in [0.1, 0.15) is 17.9 Å². The van der Waals surface area contributed by atoms with Crippen LogP contribution in [-0.4, -0.2) is 19.4 Å². The van der Waals surface area contributed by atoms with Crippen LogP contribution in [0.4, 0.5) is 0 Å². The van der Waals surface area contributed by atoms with Gasteiger partial charge in [-0.25, -0.2) is 8.42 Å². The second-order valence-corrected chi connectivity index (χ2v) is 8.08. The van der Waals surface area contributed by atoms with Crippen molar-refractivity contribution in [2.24, 2.45) is 0 Å². The van der Waals surface area contributed by atoms with Crippen molar-refractivity contribution in [2.45, 2.75) is 17.3 Å². The third kappa shape index (κ3) is 3.09. The van der Waals surface area contributed by atoms with E-state index in [0.717, 1.165) is 10.9 Å². The molecule has 124 valence electrons. The van der Waals surface area contributed by atoms with Gasteiger partial charge in [0.1, 0.15) is 0 Å². The molecule has 0 radical (unpaired) electrons.